The van der Waals surface area contributed by atoms with Gasteiger partial charge in [0, 0.05) is 0 Å². The van der Waals surface area contributed by atoms with Gasteiger partial charge in [0.25, 0.3) is 5.91 Å². The number of nitrogens with zero attached hydrogens (tertiary/aromatic N) is 3. The number of rotatable bonds is 1. The first-order chi connectivity index (χ1) is 5.79. The molecule has 1 amide bonds. The lowest BCUT2D eigenvalue weighted by molar-refractivity contribution is 0.0997. The number of hydrogen-bond acceptors (Lipinski definition) is 4. The predicted molar refractivity (Wildman–Crippen MR) is 40.2 cm³/mol. The fraction of sp³-hybridized carbons (Fsp3) is 0. The zero-order valence-corrected chi connectivity index (χ0v) is 5.98. The third kappa shape index (κ3) is 0.815. The van der Waals surface area contributed by atoms with E-state index in [1.165, 1.54) is 12.5 Å². The fourth-order valence-electron chi connectivity index (χ4n) is 0.961. The topological polar surface area (TPSA) is 97.5 Å². The first-order valence-electron chi connectivity index (χ1n) is 3.23. The van der Waals surface area contributed by atoms with Crippen molar-refractivity contribution in [3.8, 4) is 0 Å². The van der Waals surface area contributed by atoms with Crippen LogP contribution in [-0.4, -0.2) is 26.1 Å². The highest BCUT2D eigenvalue weighted by Gasteiger charge is 2.09. The second kappa shape index (κ2) is 2.26. The molecular weight excluding hydrogens is 158 g/mol. The highest BCUT2D eigenvalue weighted by atomic mass is 16.1. The lowest BCUT2D eigenvalue weighted by Crippen LogP contribution is -2.13. The fourth-order valence-corrected chi connectivity index (χ4v) is 0.961. The Labute approximate surface area is 66.8 Å². The largest absolute Gasteiger partial charge is 0.364 e. The van der Waals surface area contributed by atoms with Crippen molar-refractivity contribution in [3.05, 3.63) is 18.2 Å². The van der Waals surface area contributed by atoms with Crippen molar-refractivity contribution in [1.29, 1.82) is 0 Å². The van der Waals surface area contributed by atoms with Gasteiger partial charge in [-0.25, -0.2) is 9.97 Å². The highest BCUT2D eigenvalue weighted by molar-refractivity contribution is 6.02. The summed E-state index contributed by atoms with van der Waals surface area (Å²) in [7, 11) is 0. The normalized spacial score (nSPS) is 10.3. The Morgan fingerprint density at radius 1 is 1.50 bits per heavy atom. The first-order valence-corrected chi connectivity index (χ1v) is 3.23. The number of aromatic amines is 1. The van der Waals surface area contributed by atoms with E-state index in [0.717, 1.165) is 0 Å². The summed E-state index contributed by atoms with van der Waals surface area (Å²) >= 11 is 0. The van der Waals surface area contributed by atoms with Gasteiger partial charge < -0.3 is 5.73 Å². The molecule has 0 unspecified atom stereocenters. The summed E-state index contributed by atoms with van der Waals surface area (Å²) in [5.41, 5.74) is 5.77. The van der Waals surface area contributed by atoms with E-state index < -0.39 is 5.91 Å². The first kappa shape index (κ1) is 6.71. The van der Waals surface area contributed by atoms with Crippen LogP contribution in [0.4, 0.5) is 0 Å². The Hall–Kier alpha value is -1.98. The van der Waals surface area contributed by atoms with Gasteiger partial charge in [-0.15, -0.1) is 0 Å². The van der Waals surface area contributed by atoms with Gasteiger partial charge in [0.05, 0.1) is 11.6 Å². The second-order valence-corrected chi connectivity index (χ2v) is 2.22. The molecule has 0 saturated heterocycles. The molecule has 6 heteroatoms. The van der Waals surface area contributed by atoms with E-state index in [0.29, 0.717) is 11.0 Å². The molecule has 0 aromatic carbocycles. The molecule has 0 radical (unpaired) electrons. The lowest BCUT2D eigenvalue weighted by atomic mass is 10.3. The molecule has 0 aliphatic heterocycles. The Morgan fingerprint density at radius 3 is 3.08 bits per heavy atom. The smallest absolute Gasteiger partial charge is 0.268 e. The van der Waals surface area contributed by atoms with Crippen LogP contribution in [0.3, 0.4) is 0 Å². The number of aromatic nitrogens is 4. The van der Waals surface area contributed by atoms with Crippen molar-refractivity contribution in [2.24, 2.45) is 5.73 Å². The van der Waals surface area contributed by atoms with Gasteiger partial charge in [-0.1, -0.05) is 0 Å². The van der Waals surface area contributed by atoms with E-state index in [2.05, 4.69) is 20.2 Å². The van der Waals surface area contributed by atoms with E-state index in [9.17, 15) is 4.79 Å². The number of amides is 1. The van der Waals surface area contributed by atoms with E-state index >= 15 is 0 Å². The SMILES string of the molecule is NC(=O)c1ncnc2[nH]ncc12. The van der Waals surface area contributed by atoms with Crippen LogP contribution in [0.1, 0.15) is 10.5 Å². The quantitative estimate of drug-likeness (QED) is 0.589. The molecule has 0 aliphatic rings. The Morgan fingerprint density at radius 2 is 2.33 bits per heavy atom. The van der Waals surface area contributed by atoms with Crippen LogP contribution in [0.5, 0.6) is 0 Å². The Kier molecular flexibility index (Phi) is 1.26. The molecule has 2 aromatic heterocycles. The van der Waals surface area contributed by atoms with Gasteiger partial charge in [-0.3, -0.25) is 9.89 Å². The maximum absolute atomic E-state index is 10.8. The van der Waals surface area contributed by atoms with Crippen LogP contribution in [0.15, 0.2) is 12.5 Å². The molecule has 60 valence electrons. The highest BCUT2D eigenvalue weighted by Crippen LogP contribution is 2.09. The van der Waals surface area contributed by atoms with Gasteiger partial charge in [0.1, 0.15) is 12.0 Å². The number of H-pyrrole nitrogens is 1. The number of hydrogen-bond donors (Lipinski definition) is 2. The number of primary amides is 1. The average Bonchev–Trinajstić information content (AvgIpc) is 2.49. The lowest BCUT2D eigenvalue weighted by Gasteiger charge is -1.93. The summed E-state index contributed by atoms with van der Waals surface area (Å²) in [5, 5.41) is 6.86. The van der Waals surface area contributed by atoms with Gasteiger partial charge in [0.2, 0.25) is 0 Å². The van der Waals surface area contributed by atoms with Crippen LogP contribution >= 0.6 is 0 Å². The monoisotopic (exact) mass is 163 g/mol. The zero-order valence-electron chi connectivity index (χ0n) is 5.98. The molecule has 6 nitrogen and oxygen atoms in total. The predicted octanol–water partition coefficient (Wildman–Crippen LogP) is -0.548. The number of nitrogens with two attached hydrogens (primary N) is 1. The van der Waals surface area contributed by atoms with Gasteiger partial charge in [0.15, 0.2) is 5.65 Å². The van der Waals surface area contributed by atoms with Gasteiger partial charge in [-0.2, -0.15) is 5.10 Å². The van der Waals surface area contributed by atoms with Crippen LogP contribution in [0.25, 0.3) is 11.0 Å². The molecular formula is C6H5N5O. The zero-order chi connectivity index (χ0) is 8.55. The molecule has 2 rings (SSSR count). The van der Waals surface area contributed by atoms with E-state index in [4.69, 9.17) is 5.73 Å². The summed E-state index contributed by atoms with van der Waals surface area (Å²) in [6.45, 7) is 0. The number of carbonyl (C=O) groups excluding carboxylic acids is 1. The molecule has 0 bridgehead atoms. The van der Waals surface area contributed by atoms with Crippen molar-refractivity contribution in [2.45, 2.75) is 0 Å². The minimum absolute atomic E-state index is 0.189. The van der Waals surface area contributed by atoms with Crippen molar-refractivity contribution in [1.82, 2.24) is 20.2 Å². The summed E-state index contributed by atoms with van der Waals surface area (Å²) < 4.78 is 0. The van der Waals surface area contributed by atoms with E-state index in [1.807, 2.05) is 0 Å². The number of carbonyl (C=O) groups is 1. The Bertz CT molecular complexity index is 434. The minimum atomic E-state index is -0.580. The summed E-state index contributed by atoms with van der Waals surface area (Å²) in [6, 6.07) is 0. The van der Waals surface area contributed by atoms with Crippen molar-refractivity contribution in [3.63, 3.8) is 0 Å². The van der Waals surface area contributed by atoms with Crippen LogP contribution < -0.4 is 5.73 Å². The molecule has 0 fully saturated rings. The molecule has 0 atom stereocenters. The number of nitrogens with one attached hydrogen (secondary N) is 1. The summed E-state index contributed by atoms with van der Waals surface area (Å²) in [4.78, 5) is 18.4. The molecule has 0 saturated carbocycles. The summed E-state index contributed by atoms with van der Waals surface area (Å²) in [6.07, 6.45) is 2.73. The van der Waals surface area contributed by atoms with Gasteiger partial charge >= 0.3 is 0 Å². The molecule has 3 N–H and O–H groups in total. The van der Waals surface area contributed by atoms with E-state index in [1.54, 1.807) is 0 Å². The van der Waals surface area contributed by atoms with Crippen molar-refractivity contribution in [2.75, 3.05) is 0 Å². The second-order valence-electron chi connectivity index (χ2n) is 2.22. The van der Waals surface area contributed by atoms with Crippen LogP contribution in [0.2, 0.25) is 0 Å². The maximum Gasteiger partial charge on any atom is 0.268 e. The van der Waals surface area contributed by atoms with Gasteiger partial charge in [-0.05, 0) is 0 Å². The van der Waals surface area contributed by atoms with Crippen LogP contribution in [-0.2, 0) is 0 Å². The third-order valence-corrected chi connectivity index (χ3v) is 1.48. The summed E-state index contributed by atoms with van der Waals surface area (Å²) in [5.74, 6) is -0.580. The standard InChI is InChI=1S/C6H5N5O/c7-5(12)4-3-1-10-11-6(3)9-2-8-4/h1-2H,(H2,7,12)(H,8,9,10,11). The van der Waals surface area contributed by atoms with E-state index in [-0.39, 0.29) is 5.69 Å². The number of fused-ring (bicyclic) bond motifs is 1. The third-order valence-electron chi connectivity index (χ3n) is 1.48. The van der Waals surface area contributed by atoms with Crippen molar-refractivity contribution >= 4 is 16.9 Å². The molecule has 2 heterocycles. The molecule has 12 heavy (non-hydrogen) atoms. The average molecular weight is 163 g/mol. The van der Waals surface area contributed by atoms with Crippen molar-refractivity contribution < 1.29 is 4.79 Å². The molecule has 2 aromatic rings. The van der Waals surface area contributed by atoms with Crippen LogP contribution in [0, 0.1) is 0 Å². The minimum Gasteiger partial charge on any atom is -0.364 e. The maximum atomic E-state index is 10.8. The Balaban J connectivity index is 2.82. The molecule has 0 spiro atoms. The molecule has 0 aliphatic carbocycles.